The van der Waals surface area contributed by atoms with E-state index in [1.807, 2.05) is 6.07 Å². The highest BCUT2D eigenvalue weighted by atomic mass is 35.5. The number of nitrogens with zero attached hydrogens (tertiary/aromatic N) is 6. The molecule has 5 aromatic rings. The van der Waals surface area contributed by atoms with E-state index in [1.165, 1.54) is 23.0 Å². The number of rotatable bonds is 8. The van der Waals surface area contributed by atoms with E-state index in [1.54, 1.807) is 60.4 Å². The number of halogens is 2. The Kier molecular flexibility index (Phi) is 7.41. The van der Waals surface area contributed by atoms with Gasteiger partial charge in [0, 0.05) is 44.0 Å². The van der Waals surface area contributed by atoms with Crippen molar-refractivity contribution in [2.45, 2.75) is 6.42 Å². The molecule has 0 bridgehead atoms. The lowest BCUT2D eigenvalue weighted by molar-refractivity contribution is 0.0947. The summed E-state index contributed by atoms with van der Waals surface area (Å²) in [6, 6.07) is 17.9. The van der Waals surface area contributed by atoms with E-state index >= 15 is 0 Å². The molecular formula is C27H22ClFN8O2. The average Bonchev–Trinajstić information content (AvgIpc) is 3.55. The van der Waals surface area contributed by atoms with Gasteiger partial charge in [0.25, 0.3) is 11.8 Å². The summed E-state index contributed by atoms with van der Waals surface area (Å²) in [6.07, 6.45) is 3.79. The minimum Gasteiger partial charge on any atom is -0.350 e. The summed E-state index contributed by atoms with van der Waals surface area (Å²) < 4.78 is 17.7. The zero-order valence-electron chi connectivity index (χ0n) is 20.7. The fraction of sp³-hybridized carbons (Fsp3) is 0.111. The van der Waals surface area contributed by atoms with E-state index in [2.05, 4.69) is 31.0 Å². The minimum atomic E-state index is -0.608. The molecule has 39 heavy (non-hydrogen) atoms. The predicted octanol–water partition coefficient (Wildman–Crippen LogP) is 4.08. The minimum absolute atomic E-state index is 0.0366. The number of hydrogen-bond donors (Lipinski definition) is 2. The summed E-state index contributed by atoms with van der Waals surface area (Å²) in [5.74, 6) is -1.42. The maximum atomic E-state index is 14.7. The average molecular weight is 545 g/mol. The Morgan fingerprint density at radius 1 is 1.03 bits per heavy atom. The number of hydrogen-bond acceptors (Lipinski definition) is 6. The van der Waals surface area contributed by atoms with Crippen molar-refractivity contribution in [1.82, 2.24) is 35.1 Å². The number of pyridine rings is 1. The number of amides is 2. The van der Waals surface area contributed by atoms with Gasteiger partial charge in [-0.1, -0.05) is 41.1 Å². The van der Waals surface area contributed by atoms with Crippen LogP contribution >= 0.6 is 11.6 Å². The molecule has 0 atom stereocenters. The van der Waals surface area contributed by atoms with E-state index in [4.69, 9.17) is 11.6 Å². The molecule has 196 valence electrons. The quantitative estimate of drug-likeness (QED) is 0.304. The monoisotopic (exact) mass is 544 g/mol. The first kappa shape index (κ1) is 25.7. The molecule has 0 saturated carbocycles. The first-order valence-corrected chi connectivity index (χ1v) is 12.3. The highest BCUT2D eigenvalue weighted by molar-refractivity contribution is 6.34. The number of aromatic nitrogens is 6. The molecule has 12 heteroatoms. The van der Waals surface area contributed by atoms with Crippen molar-refractivity contribution in [3.8, 4) is 16.9 Å². The molecule has 0 radical (unpaired) electrons. The van der Waals surface area contributed by atoms with Crippen LogP contribution in [0.25, 0.3) is 16.9 Å². The molecular weight excluding hydrogens is 523 g/mol. The van der Waals surface area contributed by atoms with Gasteiger partial charge in [-0.25, -0.2) is 9.07 Å². The van der Waals surface area contributed by atoms with Crippen molar-refractivity contribution in [3.05, 3.63) is 107 Å². The van der Waals surface area contributed by atoms with Crippen LogP contribution in [0, 0.1) is 5.82 Å². The molecule has 3 aromatic heterocycles. The molecule has 5 rings (SSSR count). The largest absolute Gasteiger partial charge is 0.350 e. The summed E-state index contributed by atoms with van der Waals surface area (Å²) in [7, 11) is 1.76. The van der Waals surface area contributed by atoms with Crippen LogP contribution in [0.5, 0.6) is 0 Å². The van der Waals surface area contributed by atoms with Crippen LogP contribution in [0.4, 0.5) is 10.2 Å². The summed E-state index contributed by atoms with van der Waals surface area (Å²) in [5, 5.41) is 17.8. The number of anilines is 1. The molecule has 0 fully saturated rings. The lowest BCUT2D eigenvalue weighted by Crippen LogP contribution is -2.26. The third-order valence-corrected chi connectivity index (χ3v) is 6.06. The highest BCUT2D eigenvalue weighted by Gasteiger charge is 2.21. The molecule has 10 nitrogen and oxygen atoms in total. The number of carbonyl (C=O) groups excluding carboxylic acids is 2. The van der Waals surface area contributed by atoms with Crippen LogP contribution in [0.2, 0.25) is 5.02 Å². The van der Waals surface area contributed by atoms with Gasteiger partial charge in [0.1, 0.15) is 11.6 Å². The number of aryl methyl sites for hydroxylation is 1. The van der Waals surface area contributed by atoms with Crippen molar-refractivity contribution < 1.29 is 14.0 Å². The zero-order valence-corrected chi connectivity index (χ0v) is 21.4. The molecule has 3 heterocycles. The Hall–Kier alpha value is -4.90. The fourth-order valence-corrected chi connectivity index (χ4v) is 4.11. The van der Waals surface area contributed by atoms with Crippen molar-refractivity contribution in [2.75, 3.05) is 11.9 Å². The Balaban J connectivity index is 1.41. The van der Waals surface area contributed by atoms with Gasteiger partial charge >= 0.3 is 0 Å². The van der Waals surface area contributed by atoms with Crippen LogP contribution in [0.15, 0.2) is 79.1 Å². The van der Waals surface area contributed by atoms with Crippen LogP contribution in [-0.4, -0.2) is 48.1 Å². The molecule has 0 aliphatic carbocycles. The Morgan fingerprint density at radius 3 is 2.54 bits per heavy atom. The van der Waals surface area contributed by atoms with Gasteiger partial charge < -0.3 is 10.6 Å². The topological polar surface area (TPSA) is 120 Å². The van der Waals surface area contributed by atoms with Gasteiger partial charge in [0.2, 0.25) is 0 Å². The first-order chi connectivity index (χ1) is 18.9. The normalized spacial score (nSPS) is 10.8. The maximum Gasteiger partial charge on any atom is 0.271 e. The predicted molar refractivity (Wildman–Crippen MR) is 143 cm³/mol. The second-order valence-corrected chi connectivity index (χ2v) is 8.94. The van der Waals surface area contributed by atoms with Gasteiger partial charge in [-0.15, -0.1) is 5.10 Å². The van der Waals surface area contributed by atoms with Crippen LogP contribution in [0.1, 0.15) is 26.5 Å². The highest BCUT2D eigenvalue weighted by Crippen LogP contribution is 2.28. The summed E-state index contributed by atoms with van der Waals surface area (Å²) in [4.78, 5) is 30.4. The summed E-state index contributed by atoms with van der Waals surface area (Å²) >= 11 is 6.25. The molecule has 2 aromatic carbocycles. The lowest BCUT2D eigenvalue weighted by Gasteiger charge is -2.11. The number of benzene rings is 2. The lowest BCUT2D eigenvalue weighted by atomic mass is 10.1. The van der Waals surface area contributed by atoms with Crippen molar-refractivity contribution in [1.29, 1.82) is 0 Å². The number of carbonyl (C=O) groups is 2. The van der Waals surface area contributed by atoms with Crippen molar-refractivity contribution in [3.63, 3.8) is 0 Å². The van der Waals surface area contributed by atoms with E-state index in [0.29, 0.717) is 24.3 Å². The van der Waals surface area contributed by atoms with Crippen molar-refractivity contribution >= 4 is 29.2 Å². The van der Waals surface area contributed by atoms with Gasteiger partial charge in [0.05, 0.1) is 27.7 Å². The molecule has 0 unspecified atom stereocenters. The molecule has 0 aliphatic rings. The third kappa shape index (κ3) is 5.83. The van der Waals surface area contributed by atoms with Crippen LogP contribution in [0.3, 0.4) is 0 Å². The Labute approximate surface area is 227 Å². The molecule has 2 amide bonds. The fourth-order valence-electron chi connectivity index (χ4n) is 3.88. The molecule has 0 saturated heterocycles. The summed E-state index contributed by atoms with van der Waals surface area (Å²) in [6.45, 7) is 0.318. The maximum absolute atomic E-state index is 14.7. The van der Waals surface area contributed by atoms with Gasteiger partial charge in [-0.3, -0.25) is 19.3 Å². The Morgan fingerprint density at radius 2 is 1.82 bits per heavy atom. The van der Waals surface area contributed by atoms with E-state index in [0.717, 1.165) is 11.8 Å². The third-order valence-electron chi connectivity index (χ3n) is 5.74. The van der Waals surface area contributed by atoms with E-state index in [-0.39, 0.29) is 27.7 Å². The first-order valence-electron chi connectivity index (χ1n) is 11.9. The van der Waals surface area contributed by atoms with Crippen LogP contribution < -0.4 is 10.6 Å². The van der Waals surface area contributed by atoms with E-state index < -0.39 is 17.6 Å². The standard InChI is InChI=1S/C27H22ClFN8O2/c1-36-16-17(33-35-36)10-12-31-27(39)24-15-25(37(34-24)18-7-3-2-4-8-18)32-26(38)19-13-20(22(29)14-21(19)28)23-9-5-6-11-30-23/h2-9,11,13-16H,10,12H2,1H3,(H,31,39)(H,32,38). The van der Waals surface area contributed by atoms with Gasteiger partial charge in [-0.05, 0) is 36.4 Å². The second kappa shape index (κ2) is 11.2. The Bertz CT molecular complexity index is 1640. The van der Waals surface area contributed by atoms with Gasteiger partial charge in [0.15, 0.2) is 5.69 Å². The van der Waals surface area contributed by atoms with E-state index in [9.17, 15) is 14.0 Å². The number of nitrogens with one attached hydrogen (secondary N) is 2. The molecule has 0 aliphatic heterocycles. The van der Waals surface area contributed by atoms with Crippen LogP contribution in [-0.2, 0) is 13.5 Å². The SMILES string of the molecule is Cn1cc(CCNC(=O)c2cc(NC(=O)c3cc(-c4ccccn4)c(F)cc3Cl)n(-c3ccccc3)n2)nn1. The smallest absolute Gasteiger partial charge is 0.271 e. The number of para-hydroxylation sites is 1. The second-order valence-electron chi connectivity index (χ2n) is 8.53. The van der Waals surface area contributed by atoms with Crippen molar-refractivity contribution in [2.24, 2.45) is 7.05 Å². The van der Waals surface area contributed by atoms with Gasteiger partial charge in [-0.2, -0.15) is 5.10 Å². The molecule has 2 N–H and O–H groups in total. The summed E-state index contributed by atoms with van der Waals surface area (Å²) in [5.41, 5.74) is 1.97. The zero-order chi connectivity index (χ0) is 27.4. The molecule has 0 spiro atoms.